The van der Waals surface area contributed by atoms with Crippen LogP contribution in [0.2, 0.25) is 5.02 Å². The molecule has 0 radical (unpaired) electrons. The Balaban J connectivity index is 1.78. The van der Waals surface area contributed by atoms with Gasteiger partial charge in [0.2, 0.25) is 5.91 Å². The predicted octanol–water partition coefficient (Wildman–Crippen LogP) is 2.16. The zero-order valence-electron chi connectivity index (χ0n) is 10.6. The monoisotopic (exact) mass is 295 g/mol. The molecule has 0 saturated carbocycles. The second-order valence-corrected chi connectivity index (χ2v) is 5.62. The molecule has 1 aromatic carbocycles. The minimum absolute atomic E-state index is 0.291. The molecule has 3 rings (SSSR count). The number of hydrogen-bond donors (Lipinski definition) is 2. The highest BCUT2D eigenvalue weighted by Crippen LogP contribution is 2.44. The van der Waals surface area contributed by atoms with Gasteiger partial charge in [0.05, 0.1) is 24.0 Å². The van der Waals surface area contributed by atoms with E-state index in [0.717, 1.165) is 6.42 Å². The number of anilines is 1. The van der Waals surface area contributed by atoms with Gasteiger partial charge < -0.3 is 15.2 Å². The normalized spacial score (nSPS) is 31.2. The number of rotatable bonds is 3. The Kier molecular flexibility index (Phi) is 3.40. The summed E-state index contributed by atoms with van der Waals surface area (Å²) in [7, 11) is 0. The average Bonchev–Trinajstić information content (AvgIpc) is 2.98. The molecular formula is C14H14ClNO4. The average molecular weight is 296 g/mol. The maximum Gasteiger partial charge on any atom is 0.310 e. The summed E-state index contributed by atoms with van der Waals surface area (Å²) in [4.78, 5) is 23.7. The lowest BCUT2D eigenvalue weighted by molar-refractivity contribution is -0.147. The molecule has 2 bridgehead atoms. The number of aliphatic carboxylic acids is 1. The zero-order valence-corrected chi connectivity index (χ0v) is 11.3. The van der Waals surface area contributed by atoms with Crippen LogP contribution in [0.1, 0.15) is 12.8 Å². The maximum atomic E-state index is 12.3. The summed E-state index contributed by atoms with van der Waals surface area (Å²) in [6, 6.07) is 6.78. The largest absolute Gasteiger partial charge is 0.481 e. The van der Waals surface area contributed by atoms with Crippen molar-refractivity contribution in [1.29, 1.82) is 0 Å². The van der Waals surface area contributed by atoms with Crippen LogP contribution in [0.5, 0.6) is 0 Å². The molecule has 2 aliphatic rings. The summed E-state index contributed by atoms with van der Waals surface area (Å²) in [5.74, 6) is -2.67. The first-order chi connectivity index (χ1) is 9.56. The molecule has 2 aliphatic heterocycles. The molecule has 2 N–H and O–H groups in total. The van der Waals surface area contributed by atoms with E-state index >= 15 is 0 Å². The van der Waals surface area contributed by atoms with E-state index in [0.29, 0.717) is 17.1 Å². The minimum Gasteiger partial charge on any atom is -0.481 e. The van der Waals surface area contributed by atoms with E-state index < -0.39 is 17.8 Å². The zero-order chi connectivity index (χ0) is 14.3. The second-order valence-electron chi connectivity index (χ2n) is 5.18. The molecule has 0 spiro atoms. The summed E-state index contributed by atoms with van der Waals surface area (Å²) in [5, 5.41) is 12.5. The van der Waals surface area contributed by atoms with E-state index in [-0.39, 0.29) is 18.1 Å². The van der Waals surface area contributed by atoms with Gasteiger partial charge in [0.15, 0.2) is 0 Å². The Labute approximate surface area is 120 Å². The van der Waals surface area contributed by atoms with Gasteiger partial charge in [-0.15, -0.1) is 0 Å². The molecule has 0 aliphatic carbocycles. The number of carbonyl (C=O) groups excluding carboxylic acids is 1. The predicted molar refractivity (Wildman–Crippen MR) is 72.6 cm³/mol. The number of benzene rings is 1. The fraction of sp³-hybridized carbons (Fsp3) is 0.429. The van der Waals surface area contributed by atoms with Gasteiger partial charge in [-0.25, -0.2) is 0 Å². The van der Waals surface area contributed by atoms with Crippen LogP contribution >= 0.6 is 11.6 Å². The number of carboxylic acid groups (broad SMARTS) is 1. The van der Waals surface area contributed by atoms with E-state index in [2.05, 4.69) is 5.32 Å². The molecule has 106 valence electrons. The van der Waals surface area contributed by atoms with Gasteiger partial charge in [-0.1, -0.05) is 17.7 Å². The summed E-state index contributed by atoms with van der Waals surface area (Å²) in [6.45, 7) is 0. The van der Waals surface area contributed by atoms with E-state index in [1.807, 2.05) is 0 Å². The summed E-state index contributed by atoms with van der Waals surface area (Å²) in [5.41, 5.74) is 0.564. The van der Waals surface area contributed by atoms with E-state index in [9.17, 15) is 14.7 Å². The van der Waals surface area contributed by atoms with E-state index in [1.54, 1.807) is 24.3 Å². The minimum atomic E-state index is -0.969. The van der Waals surface area contributed by atoms with Gasteiger partial charge in [0, 0.05) is 10.7 Å². The Bertz CT molecular complexity index is 562. The lowest BCUT2D eigenvalue weighted by Gasteiger charge is -2.23. The van der Waals surface area contributed by atoms with Crippen molar-refractivity contribution in [1.82, 2.24) is 0 Å². The second kappa shape index (κ2) is 5.07. The first-order valence-corrected chi connectivity index (χ1v) is 6.89. The fourth-order valence-corrected chi connectivity index (χ4v) is 3.31. The Hall–Kier alpha value is -1.59. The van der Waals surface area contributed by atoms with Crippen molar-refractivity contribution in [3.05, 3.63) is 29.3 Å². The van der Waals surface area contributed by atoms with Crippen molar-refractivity contribution in [2.45, 2.75) is 25.0 Å². The van der Waals surface area contributed by atoms with Crippen LogP contribution in [0.15, 0.2) is 24.3 Å². The number of halogens is 1. The lowest BCUT2D eigenvalue weighted by Crippen LogP contribution is -2.40. The summed E-state index contributed by atoms with van der Waals surface area (Å²) < 4.78 is 5.57. The highest BCUT2D eigenvalue weighted by Gasteiger charge is 2.55. The number of hydrogen-bond acceptors (Lipinski definition) is 3. The van der Waals surface area contributed by atoms with Gasteiger partial charge in [-0.3, -0.25) is 9.59 Å². The first kappa shape index (κ1) is 13.4. The van der Waals surface area contributed by atoms with Crippen molar-refractivity contribution >= 4 is 29.2 Å². The van der Waals surface area contributed by atoms with Crippen molar-refractivity contribution in [2.75, 3.05) is 5.32 Å². The van der Waals surface area contributed by atoms with Gasteiger partial charge in [0.25, 0.3) is 0 Å². The first-order valence-electron chi connectivity index (χ1n) is 6.51. The van der Waals surface area contributed by atoms with Crippen LogP contribution in [-0.2, 0) is 14.3 Å². The van der Waals surface area contributed by atoms with Crippen LogP contribution in [-0.4, -0.2) is 29.2 Å². The van der Waals surface area contributed by atoms with Crippen molar-refractivity contribution < 1.29 is 19.4 Å². The molecule has 0 unspecified atom stereocenters. The number of amides is 1. The molecular weight excluding hydrogens is 282 g/mol. The fourth-order valence-electron chi connectivity index (χ4n) is 3.12. The highest BCUT2D eigenvalue weighted by atomic mass is 35.5. The number of carboxylic acids is 1. The third-order valence-corrected chi connectivity index (χ3v) is 4.19. The van der Waals surface area contributed by atoms with Gasteiger partial charge in [-0.05, 0) is 31.0 Å². The molecule has 2 saturated heterocycles. The molecule has 2 heterocycles. The van der Waals surface area contributed by atoms with Crippen molar-refractivity contribution in [3.8, 4) is 0 Å². The number of nitrogens with one attached hydrogen (secondary N) is 1. The van der Waals surface area contributed by atoms with E-state index in [4.69, 9.17) is 16.3 Å². The van der Waals surface area contributed by atoms with Gasteiger partial charge in [-0.2, -0.15) is 0 Å². The SMILES string of the molecule is O=C(O)[C@@H]1[C@H](C(=O)Nc2cccc(Cl)c2)[C@H]2CC[C@@H]1O2. The third kappa shape index (κ3) is 2.27. The Morgan fingerprint density at radius 1 is 1.25 bits per heavy atom. The number of carbonyl (C=O) groups is 2. The summed E-state index contributed by atoms with van der Waals surface area (Å²) >= 11 is 5.86. The molecule has 20 heavy (non-hydrogen) atoms. The lowest BCUT2D eigenvalue weighted by atomic mass is 9.78. The maximum absolute atomic E-state index is 12.3. The van der Waals surface area contributed by atoms with Crippen molar-refractivity contribution in [2.24, 2.45) is 11.8 Å². The molecule has 0 aromatic heterocycles. The molecule has 4 atom stereocenters. The molecule has 5 nitrogen and oxygen atoms in total. The van der Waals surface area contributed by atoms with Gasteiger partial charge in [0.1, 0.15) is 0 Å². The smallest absolute Gasteiger partial charge is 0.310 e. The Morgan fingerprint density at radius 2 is 1.95 bits per heavy atom. The van der Waals surface area contributed by atoms with Crippen molar-refractivity contribution in [3.63, 3.8) is 0 Å². The quantitative estimate of drug-likeness (QED) is 0.896. The number of fused-ring (bicyclic) bond motifs is 2. The number of ether oxygens (including phenoxy) is 1. The van der Waals surface area contributed by atoms with Gasteiger partial charge >= 0.3 is 5.97 Å². The molecule has 1 aromatic rings. The van der Waals surface area contributed by atoms with Crippen LogP contribution in [0.25, 0.3) is 0 Å². The van der Waals surface area contributed by atoms with Crippen LogP contribution < -0.4 is 5.32 Å². The standard InChI is InChI=1S/C14H14ClNO4/c15-7-2-1-3-8(6-7)16-13(17)11-9-4-5-10(20-9)12(11)14(18)19/h1-3,6,9-12H,4-5H2,(H,16,17)(H,18,19)/t9-,10+,11-,12+/m1/s1. The molecule has 6 heteroatoms. The third-order valence-electron chi connectivity index (χ3n) is 3.95. The Morgan fingerprint density at radius 3 is 2.60 bits per heavy atom. The van der Waals surface area contributed by atoms with Crippen LogP contribution in [0, 0.1) is 11.8 Å². The topological polar surface area (TPSA) is 75.6 Å². The summed E-state index contributed by atoms with van der Waals surface area (Å²) in [6.07, 6.45) is 0.817. The molecule has 2 fully saturated rings. The highest BCUT2D eigenvalue weighted by molar-refractivity contribution is 6.30. The van der Waals surface area contributed by atoms with Crippen LogP contribution in [0.3, 0.4) is 0 Å². The van der Waals surface area contributed by atoms with E-state index in [1.165, 1.54) is 0 Å². The van der Waals surface area contributed by atoms with Crippen LogP contribution in [0.4, 0.5) is 5.69 Å². The molecule has 1 amide bonds.